The molecule has 0 aromatic carbocycles. The van der Waals surface area contributed by atoms with Crippen LogP contribution in [-0.2, 0) is 6.54 Å². The molecule has 2 aliphatic heterocycles. The van der Waals surface area contributed by atoms with Crippen molar-refractivity contribution < 1.29 is 0 Å². The van der Waals surface area contributed by atoms with Crippen molar-refractivity contribution in [3.63, 3.8) is 0 Å². The van der Waals surface area contributed by atoms with E-state index in [9.17, 15) is 0 Å². The molecule has 2 aliphatic rings. The van der Waals surface area contributed by atoms with E-state index < -0.39 is 0 Å². The predicted molar refractivity (Wildman–Crippen MR) is 73.3 cm³/mol. The van der Waals surface area contributed by atoms with Crippen LogP contribution in [0.1, 0.15) is 32.4 Å². The normalized spacial score (nSPS) is 29.1. The van der Waals surface area contributed by atoms with Crippen LogP contribution in [0.4, 0.5) is 0 Å². The second kappa shape index (κ2) is 4.98. The molecule has 3 heterocycles. The Balaban J connectivity index is 1.69. The fraction of sp³-hybridized carbons (Fsp3) is 0.667. The van der Waals surface area contributed by atoms with Crippen molar-refractivity contribution in [3.05, 3.63) is 30.1 Å². The van der Waals surface area contributed by atoms with Gasteiger partial charge in [-0.15, -0.1) is 0 Å². The van der Waals surface area contributed by atoms with Gasteiger partial charge in [-0.05, 0) is 38.8 Å². The van der Waals surface area contributed by atoms with Gasteiger partial charge in [-0.25, -0.2) is 0 Å². The Hall–Kier alpha value is -0.930. The van der Waals surface area contributed by atoms with Crippen LogP contribution in [-0.4, -0.2) is 46.0 Å². The molecule has 3 heteroatoms. The Morgan fingerprint density at radius 3 is 2.50 bits per heavy atom. The molecule has 2 unspecified atom stereocenters. The van der Waals surface area contributed by atoms with E-state index in [4.69, 9.17) is 0 Å². The van der Waals surface area contributed by atoms with Gasteiger partial charge in [-0.2, -0.15) is 0 Å². The van der Waals surface area contributed by atoms with Crippen LogP contribution in [0.3, 0.4) is 0 Å². The molecule has 2 fully saturated rings. The minimum Gasteiger partial charge on any atom is -0.298 e. The molecule has 18 heavy (non-hydrogen) atoms. The minimum absolute atomic E-state index is 0.685. The van der Waals surface area contributed by atoms with Crippen LogP contribution in [0.2, 0.25) is 0 Å². The van der Waals surface area contributed by atoms with Crippen LogP contribution in [0.25, 0.3) is 0 Å². The maximum atomic E-state index is 4.47. The molecule has 2 saturated heterocycles. The van der Waals surface area contributed by atoms with Gasteiger partial charge in [-0.1, -0.05) is 6.07 Å². The molecule has 3 rings (SSSR count). The molecule has 1 aromatic heterocycles. The Bertz CT molecular complexity index is 376. The standard InChI is InChI=1S/C15H23N3/c1-12(2)17-10-14-6-7-15(11-17)18(14)9-13-5-3-4-8-16-13/h3-5,8,12,14-15H,6-7,9-11H2,1-2H3. The van der Waals surface area contributed by atoms with Gasteiger partial charge in [0, 0.05) is 44.0 Å². The average Bonchev–Trinajstić information content (AvgIpc) is 2.62. The average molecular weight is 245 g/mol. The zero-order valence-corrected chi connectivity index (χ0v) is 11.4. The fourth-order valence-electron chi connectivity index (χ4n) is 3.38. The van der Waals surface area contributed by atoms with Crippen molar-refractivity contribution in [1.29, 1.82) is 0 Å². The molecule has 0 aliphatic carbocycles. The number of likely N-dealkylation sites (tertiary alicyclic amines) is 1. The first kappa shape index (κ1) is 12.1. The lowest BCUT2D eigenvalue weighted by molar-refractivity contribution is 0.0434. The minimum atomic E-state index is 0.685. The number of rotatable bonds is 3. The maximum Gasteiger partial charge on any atom is 0.0544 e. The molecule has 1 aromatic rings. The van der Waals surface area contributed by atoms with E-state index in [0.29, 0.717) is 6.04 Å². The molecule has 2 atom stereocenters. The first-order valence-corrected chi connectivity index (χ1v) is 7.14. The van der Waals surface area contributed by atoms with Crippen molar-refractivity contribution in [2.24, 2.45) is 0 Å². The first-order chi connectivity index (χ1) is 8.74. The summed E-state index contributed by atoms with van der Waals surface area (Å²) in [5, 5.41) is 0. The molecule has 0 spiro atoms. The lowest BCUT2D eigenvalue weighted by Gasteiger charge is -2.42. The fourth-order valence-corrected chi connectivity index (χ4v) is 3.38. The van der Waals surface area contributed by atoms with Gasteiger partial charge in [0.15, 0.2) is 0 Å². The van der Waals surface area contributed by atoms with Gasteiger partial charge >= 0.3 is 0 Å². The van der Waals surface area contributed by atoms with Crippen molar-refractivity contribution >= 4 is 0 Å². The monoisotopic (exact) mass is 245 g/mol. The molecule has 0 radical (unpaired) electrons. The van der Waals surface area contributed by atoms with E-state index in [-0.39, 0.29) is 0 Å². The quantitative estimate of drug-likeness (QED) is 0.813. The highest BCUT2D eigenvalue weighted by molar-refractivity contribution is 5.06. The molecular weight excluding hydrogens is 222 g/mol. The summed E-state index contributed by atoms with van der Waals surface area (Å²) in [7, 11) is 0. The van der Waals surface area contributed by atoms with Gasteiger partial charge in [0.1, 0.15) is 0 Å². The first-order valence-electron chi connectivity index (χ1n) is 7.14. The Morgan fingerprint density at radius 2 is 1.94 bits per heavy atom. The largest absolute Gasteiger partial charge is 0.298 e. The van der Waals surface area contributed by atoms with Crippen molar-refractivity contribution in [1.82, 2.24) is 14.8 Å². The van der Waals surface area contributed by atoms with Gasteiger partial charge < -0.3 is 0 Å². The number of hydrogen-bond donors (Lipinski definition) is 0. The molecule has 0 amide bonds. The number of piperazine rings is 1. The lowest BCUT2D eigenvalue weighted by atomic mass is 10.1. The van der Waals surface area contributed by atoms with E-state index in [0.717, 1.165) is 18.6 Å². The summed E-state index contributed by atoms with van der Waals surface area (Å²) in [6, 6.07) is 8.41. The van der Waals surface area contributed by atoms with E-state index in [1.54, 1.807) is 0 Å². The third-order valence-corrected chi connectivity index (χ3v) is 4.46. The molecule has 0 saturated carbocycles. The number of aromatic nitrogens is 1. The molecular formula is C15H23N3. The highest BCUT2D eigenvalue weighted by Crippen LogP contribution is 2.31. The number of fused-ring (bicyclic) bond motifs is 2. The number of hydrogen-bond acceptors (Lipinski definition) is 3. The third kappa shape index (κ3) is 2.29. The molecule has 0 N–H and O–H groups in total. The zero-order chi connectivity index (χ0) is 12.5. The summed E-state index contributed by atoms with van der Waals surface area (Å²) in [6.45, 7) is 8.13. The van der Waals surface area contributed by atoms with Crippen molar-refractivity contribution in [2.75, 3.05) is 13.1 Å². The zero-order valence-electron chi connectivity index (χ0n) is 11.4. The molecule has 98 valence electrons. The van der Waals surface area contributed by atoms with Gasteiger partial charge in [-0.3, -0.25) is 14.8 Å². The highest BCUT2D eigenvalue weighted by Gasteiger charge is 2.40. The highest BCUT2D eigenvalue weighted by atomic mass is 15.3. The van der Waals surface area contributed by atoms with Crippen molar-refractivity contribution in [2.45, 2.75) is 51.4 Å². The number of pyridine rings is 1. The predicted octanol–water partition coefficient (Wildman–Crippen LogP) is 2.14. The summed E-state index contributed by atoms with van der Waals surface area (Å²) in [5.74, 6) is 0. The van der Waals surface area contributed by atoms with Gasteiger partial charge in [0.05, 0.1) is 5.69 Å². The summed E-state index contributed by atoms with van der Waals surface area (Å²) in [5.41, 5.74) is 1.22. The Kier molecular flexibility index (Phi) is 3.35. The maximum absolute atomic E-state index is 4.47. The summed E-state index contributed by atoms with van der Waals surface area (Å²) in [4.78, 5) is 9.79. The SMILES string of the molecule is CC(C)N1CC2CCC(C1)N2Cc1ccccn1. The third-order valence-electron chi connectivity index (χ3n) is 4.46. The van der Waals surface area contributed by atoms with E-state index >= 15 is 0 Å². The van der Waals surface area contributed by atoms with Crippen LogP contribution < -0.4 is 0 Å². The summed E-state index contributed by atoms with van der Waals surface area (Å²) >= 11 is 0. The van der Waals surface area contributed by atoms with Gasteiger partial charge in [0.25, 0.3) is 0 Å². The van der Waals surface area contributed by atoms with E-state index in [2.05, 4.69) is 40.8 Å². The van der Waals surface area contributed by atoms with Crippen LogP contribution in [0.15, 0.2) is 24.4 Å². The second-order valence-electron chi connectivity index (χ2n) is 5.93. The van der Waals surface area contributed by atoms with E-state index in [1.165, 1.54) is 31.6 Å². The molecule has 2 bridgehead atoms. The Labute approximate surface area is 110 Å². The van der Waals surface area contributed by atoms with Crippen LogP contribution in [0.5, 0.6) is 0 Å². The smallest absolute Gasteiger partial charge is 0.0544 e. The van der Waals surface area contributed by atoms with E-state index in [1.807, 2.05) is 12.3 Å². The summed E-state index contributed by atoms with van der Waals surface area (Å²) < 4.78 is 0. The van der Waals surface area contributed by atoms with Crippen LogP contribution >= 0.6 is 0 Å². The topological polar surface area (TPSA) is 19.4 Å². The Morgan fingerprint density at radius 1 is 1.22 bits per heavy atom. The molecule has 3 nitrogen and oxygen atoms in total. The second-order valence-corrected chi connectivity index (χ2v) is 5.93. The lowest BCUT2D eigenvalue weighted by Crippen LogP contribution is -2.54. The summed E-state index contributed by atoms with van der Waals surface area (Å²) in [6.07, 6.45) is 4.63. The number of nitrogens with zero attached hydrogens (tertiary/aromatic N) is 3. The van der Waals surface area contributed by atoms with Gasteiger partial charge in [0.2, 0.25) is 0 Å². The van der Waals surface area contributed by atoms with Crippen molar-refractivity contribution in [3.8, 4) is 0 Å². The van der Waals surface area contributed by atoms with Crippen LogP contribution in [0, 0.1) is 0 Å².